The van der Waals surface area contributed by atoms with Gasteiger partial charge in [0.25, 0.3) is 5.79 Å². The zero-order valence-electron chi connectivity index (χ0n) is 28.1. The Morgan fingerprint density at radius 2 is 1.05 bits per heavy atom. The minimum atomic E-state index is -3.57. The molecule has 2 aromatic rings. The van der Waals surface area contributed by atoms with Crippen LogP contribution in [0.5, 0.6) is 0 Å². The van der Waals surface area contributed by atoms with Gasteiger partial charge < -0.3 is 32.2 Å². The van der Waals surface area contributed by atoms with Gasteiger partial charge in [-0.1, -0.05) is 101 Å². The van der Waals surface area contributed by atoms with Gasteiger partial charge in [-0.15, -0.1) is 0 Å². The van der Waals surface area contributed by atoms with E-state index in [4.69, 9.17) is 32.2 Å². The normalized spacial score (nSPS) is 14.1. The Morgan fingerprint density at radius 3 is 1.44 bits per heavy atom. The molecule has 0 aromatic heterocycles. The third-order valence-corrected chi connectivity index (χ3v) is 9.56. The summed E-state index contributed by atoms with van der Waals surface area (Å²) in [5.41, 5.74) is 1.05. The average molecular weight is 619 g/mol. The highest BCUT2D eigenvalue weighted by Gasteiger charge is 2.66. The molecule has 0 N–H and O–H groups in total. The van der Waals surface area contributed by atoms with E-state index in [-0.39, 0.29) is 0 Å². The molecule has 1 unspecified atom stereocenters. The van der Waals surface area contributed by atoms with E-state index in [0.29, 0.717) is 44.6 Å². The average Bonchev–Trinajstić information content (AvgIpc) is 2.97. The van der Waals surface area contributed by atoms with E-state index in [1.807, 2.05) is 83.1 Å². The lowest BCUT2D eigenvalue weighted by atomic mass is 10.0. The SMILES string of the molecule is CCCCOC(OCCCC)(OCCCC)C(OC(C)(C)C)(O[Si](Cc1ccccc1)(OCC)OCC)c1ccccc1. The molecule has 0 saturated heterocycles. The van der Waals surface area contributed by atoms with Crippen molar-refractivity contribution in [2.75, 3.05) is 33.0 Å². The fourth-order valence-corrected chi connectivity index (χ4v) is 7.55. The van der Waals surface area contributed by atoms with Gasteiger partial charge in [-0.3, -0.25) is 0 Å². The molecule has 0 fully saturated rings. The van der Waals surface area contributed by atoms with Gasteiger partial charge in [0.15, 0.2) is 0 Å². The van der Waals surface area contributed by atoms with Crippen LogP contribution in [0.1, 0.15) is 105 Å². The summed E-state index contributed by atoms with van der Waals surface area (Å²) < 4.78 is 48.1. The fraction of sp³-hybridized carbons (Fsp3) is 0.657. The Bertz CT molecular complexity index is 950. The molecule has 244 valence electrons. The van der Waals surface area contributed by atoms with Crippen molar-refractivity contribution in [2.24, 2.45) is 0 Å². The van der Waals surface area contributed by atoms with Crippen molar-refractivity contribution in [3.8, 4) is 0 Å². The summed E-state index contributed by atoms with van der Waals surface area (Å²) in [5.74, 6) is -3.45. The van der Waals surface area contributed by atoms with Crippen LogP contribution in [0.25, 0.3) is 0 Å². The molecule has 1 atom stereocenters. The number of benzene rings is 2. The molecule has 2 aromatic carbocycles. The number of rotatable bonds is 23. The quantitative estimate of drug-likeness (QED) is 0.0702. The van der Waals surface area contributed by atoms with Crippen LogP contribution in [-0.4, -0.2) is 53.4 Å². The lowest BCUT2D eigenvalue weighted by Gasteiger charge is -2.52. The Labute approximate surface area is 262 Å². The minimum absolute atomic E-state index is 0.399. The number of hydrogen-bond donors (Lipinski definition) is 0. The Morgan fingerprint density at radius 1 is 0.605 bits per heavy atom. The summed E-state index contributed by atoms with van der Waals surface area (Å²) in [6.45, 7) is 18.3. The highest BCUT2D eigenvalue weighted by atomic mass is 28.4. The van der Waals surface area contributed by atoms with Crippen LogP contribution in [0.15, 0.2) is 60.7 Å². The van der Waals surface area contributed by atoms with Crippen LogP contribution in [0.2, 0.25) is 0 Å². The zero-order valence-corrected chi connectivity index (χ0v) is 29.1. The molecular formula is C35H58O7Si. The van der Waals surface area contributed by atoms with E-state index in [1.165, 1.54) is 0 Å². The van der Waals surface area contributed by atoms with Crippen LogP contribution in [0.3, 0.4) is 0 Å². The van der Waals surface area contributed by atoms with Crippen molar-refractivity contribution < 1.29 is 32.2 Å². The van der Waals surface area contributed by atoms with E-state index in [0.717, 1.165) is 44.1 Å². The maximum Gasteiger partial charge on any atom is 0.508 e. The van der Waals surface area contributed by atoms with Crippen LogP contribution >= 0.6 is 0 Å². The predicted octanol–water partition coefficient (Wildman–Crippen LogP) is 8.57. The molecule has 8 heteroatoms. The molecule has 0 aliphatic rings. The summed E-state index contributed by atoms with van der Waals surface area (Å²) >= 11 is 0. The maximum absolute atomic E-state index is 7.43. The van der Waals surface area contributed by atoms with E-state index < -0.39 is 26.2 Å². The molecule has 0 amide bonds. The Kier molecular flexibility index (Phi) is 16.6. The smallest absolute Gasteiger partial charge is 0.374 e. The molecule has 0 radical (unpaired) electrons. The molecule has 0 aliphatic carbocycles. The van der Waals surface area contributed by atoms with Crippen molar-refractivity contribution in [1.29, 1.82) is 0 Å². The number of ether oxygens (including phenoxy) is 4. The molecule has 0 heterocycles. The van der Waals surface area contributed by atoms with E-state index >= 15 is 0 Å². The molecule has 2 rings (SSSR count). The second kappa shape index (κ2) is 19.0. The monoisotopic (exact) mass is 618 g/mol. The summed E-state index contributed by atoms with van der Waals surface area (Å²) in [6.07, 6.45) is 5.30. The first-order valence-electron chi connectivity index (χ1n) is 16.3. The Hall–Kier alpha value is -1.62. The first-order valence-corrected chi connectivity index (χ1v) is 18.3. The molecule has 0 aliphatic heterocycles. The van der Waals surface area contributed by atoms with Gasteiger partial charge in [-0.25, -0.2) is 0 Å². The Balaban J connectivity index is 2.96. The van der Waals surface area contributed by atoms with E-state index in [1.54, 1.807) is 0 Å². The maximum atomic E-state index is 7.43. The zero-order chi connectivity index (χ0) is 31.7. The van der Waals surface area contributed by atoms with Crippen LogP contribution in [-0.2, 0) is 44.1 Å². The molecule has 7 nitrogen and oxygen atoms in total. The lowest BCUT2D eigenvalue weighted by Crippen LogP contribution is -2.67. The second-order valence-electron chi connectivity index (χ2n) is 11.7. The van der Waals surface area contributed by atoms with Crippen molar-refractivity contribution in [3.05, 3.63) is 71.8 Å². The van der Waals surface area contributed by atoms with Crippen LogP contribution < -0.4 is 0 Å². The van der Waals surface area contributed by atoms with Crippen molar-refractivity contribution in [1.82, 2.24) is 0 Å². The van der Waals surface area contributed by atoms with Crippen LogP contribution in [0, 0.1) is 0 Å². The van der Waals surface area contributed by atoms with Gasteiger partial charge in [-0.05, 0) is 59.4 Å². The lowest BCUT2D eigenvalue weighted by molar-refractivity contribution is -0.507. The molecule has 0 spiro atoms. The van der Waals surface area contributed by atoms with E-state index in [9.17, 15) is 0 Å². The van der Waals surface area contributed by atoms with Gasteiger partial charge in [0, 0.05) is 24.8 Å². The molecule has 0 saturated carbocycles. The predicted molar refractivity (Wildman–Crippen MR) is 175 cm³/mol. The third kappa shape index (κ3) is 11.4. The standard InChI is InChI=1S/C35H58O7Si/c1-9-14-27-36-35(37-28-15-10-2,38-29-16-11-3)34(41-33(6,7)8,32-25-21-18-22-26-32)42-43(39-12-4,40-13-5)30-31-23-19-17-20-24-31/h17-26H,9-16,27-30H2,1-8H3. The number of unbranched alkanes of at least 4 members (excludes halogenated alkanes) is 3. The van der Waals surface area contributed by atoms with Crippen molar-refractivity contribution >= 4 is 8.80 Å². The molecular weight excluding hydrogens is 560 g/mol. The second-order valence-corrected chi connectivity index (χ2v) is 14.2. The third-order valence-electron chi connectivity index (χ3n) is 6.67. The van der Waals surface area contributed by atoms with Gasteiger partial charge >= 0.3 is 14.8 Å². The molecule has 43 heavy (non-hydrogen) atoms. The fourth-order valence-electron chi connectivity index (χ4n) is 4.74. The first kappa shape index (κ1) is 37.6. The summed E-state index contributed by atoms with van der Waals surface area (Å²) in [6, 6.07) is 20.5. The first-order chi connectivity index (χ1) is 20.7. The summed E-state index contributed by atoms with van der Waals surface area (Å²) in [5, 5.41) is 0. The van der Waals surface area contributed by atoms with Crippen molar-refractivity contribution in [3.63, 3.8) is 0 Å². The van der Waals surface area contributed by atoms with E-state index in [2.05, 4.69) is 32.9 Å². The van der Waals surface area contributed by atoms with Gasteiger partial charge in [0.2, 0.25) is 0 Å². The molecule has 0 bridgehead atoms. The topological polar surface area (TPSA) is 64.6 Å². The van der Waals surface area contributed by atoms with Gasteiger partial charge in [0.05, 0.1) is 25.4 Å². The van der Waals surface area contributed by atoms with Crippen molar-refractivity contribution in [2.45, 2.75) is 117 Å². The highest BCUT2D eigenvalue weighted by molar-refractivity contribution is 6.60. The van der Waals surface area contributed by atoms with Crippen LogP contribution in [0.4, 0.5) is 0 Å². The van der Waals surface area contributed by atoms with Gasteiger partial charge in [0.1, 0.15) is 0 Å². The minimum Gasteiger partial charge on any atom is -0.374 e. The highest BCUT2D eigenvalue weighted by Crippen LogP contribution is 2.48. The summed E-state index contributed by atoms with van der Waals surface area (Å²) in [4.78, 5) is 0. The largest absolute Gasteiger partial charge is 0.508 e. The summed E-state index contributed by atoms with van der Waals surface area (Å²) in [7, 11) is -3.57. The number of hydrogen-bond acceptors (Lipinski definition) is 7. The van der Waals surface area contributed by atoms with Gasteiger partial charge in [-0.2, -0.15) is 0 Å².